The van der Waals surface area contributed by atoms with Gasteiger partial charge in [0.25, 0.3) is 0 Å². The van der Waals surface area contributed by atoms with Crippen molar-refractivity contribution >= 4 is 7.68 Å². The standard InChI is InChI=1S/C40H71FN3O12P/c1-4-7-9-11-13-54-39-31-37(32-40(33-39)55-14-12-10-8-5-2)34-44-35-38(42-43-44)36-53-28-27-51-24-23-49-20-19-47-16-15-46-17-18-48-21-22-50-25-26-52-29-30-57(41,45)56-6-3/h31-33,35H,4-30,34,36H2,1-3H3. The molecule has 0 aliphatic heterocycles. The second kappa shape index (κ2) is 35.7. The molecule has 0 fully saturated rings. The molecule has 1 aromatic carbocycles. The van der Waals surface area contributed by atoms with Crippen molar-refractivity contribution in [3.05, 3.63) is 35.7 Å². The average molecular weight is 836 g/mol. The Morgan fingerprint density at radius 1 is 0.561 bits per heavy atom. The number of unbranched alkanes of at least 4 members (excludes halogenated alkanes) is 6. The molecule has 330 valence electrons. The van der Waals surface area contributed by atoms with Gasteiger partial charge < -0.3 is 51.9 Å². The minimum Gasteiger partial charge on any atom is -0.493 e. The van der Waals surface area contributed by atoms with Gasteiger partial charge in [0.2, 0.25) is 0 Å². The van der Waals surface area contributed by atoms with Gasteiger partial charge in [-0.25, -0.2) is 4.68 Å². The minimum absolute atomic E-state index is 0.0219. The number of halogens is 1. The molecule has 2 rings (SSSR count). The van der Waals surface area contributed by atoms with E-state index in [1.807, 2.05) is 12.3 Å². The molecule has 1 atom stereocenters. The number of hydrogen-bond acceptors (Lipinski definition) is 14. The first kappa shape index (κ1) is 50.9. The quantitative estimate of drug-likeness (QED) is 0.0495. The maximum absolute atomic E-state index is 13.4. The summed E-state index contributed by atoms with van der Waals surface area (Å²) in [4.78, 5) is 0. The van der Waals surface area contributed by atoms with Crippen LogP contribution in [0.3, 0.4) is 0 Å². The first-order valence-corrected chi connectivity index (χ1v) is 22.5. The molecule has 0 bridgehead atoms. The molecular weight excluding hydrogens is 764 g/mol. The van der Waals surface area contributed by atoms with Crippen LogP contribution in [0.2, 0.25) is 0 Å². The number of nitrogens with zero attached hydrogens (tertiary/aromatic N) is 3. The van der Waals surface area contributed by atoms with E-state index in [2.05, 4.69) is 40.8 Å². The van der Waals surface area contributed by atoms with E-state index in [4.69, 9.17) is 47.4 Å². The normalized spacial score (nSPS) is 12.6. The molecule has 0 aliphatic rings. The van der Waals surface area contributed by atoms with Crippen molar-refractivity contribution < 1.29 is 60.7 Å². The molecule has 0 saturated carbocycles. The molecule has 1 aromatic heterocycles. The fraction of sp³-hybridized carbons (Fsp3) is 0.800. The van der Waals surface area contributed by atoms with Crippen molar-refractivity contribution in [2.75, 3.05) is 125 Å². The predicted molar refractivity (Wildman–Crippen MR) is 215 cm³/mol. The topological polar surface area (TPSA) is 149 Å². The molecule has 17 heteroatoms. The third kappa shape index (κ3) is 29.6. The highest BCUT2D eigenvalue weighted by Gasteiger charge is 2.20. The van der Waals surface area contributed by atoms with E-state index in [0.29, 0.717) is 112 Å². The summed E-state index contributed by atoms with van der Waals surface area (Å²) < 4.78 is 87.0. The summed E-state index contributed by atoms with van der Waals surface area (Å²) in [7, 11) is -4.03. The van der Waals surface area contributed by atoms with Crippen LogP contribution in [0.25, 0.3) is 0 Å². The van der Waals surface area contributed by atoms with Crippen LogP contribution in [-0.4, -0.2) is 140 Å². The maximum atomic E-state index is 13.4. The smallest absolute Gasteiger partial charge is 0.369 e. The van der Waals surface area contributed by atoms with Crippen LogP contribution >= 0.6 is 7.68 Å². The summed E-state index contributed by atoms with van der Waals surface area (Å²) in [6.45, 7) is 14.4. The molecule has 15 nitrogen and oxygen atoms in total. The lowest BCUT2D eigenvalue weighted by molar-refractivity contribution is -0.0234. The van der Waals surface area contributed by atoms with E-state index in [0.717, 1.165) is 35.6 Å². The Kier molecular flexibility index (Phi) is 31.9. The van der Waals surface area contributed by atoms with Gasteiger partial charge in [0.15, 0.2) is 0 Å². The third-order valence-corrected chi connectivity index (χ3v) is 9.44. The van der Waals surface area contributed by atoms with Gasteiger partial charge in [-0.15, -0.1) is 5.10 Å². The van der Waals surface area contributed by atoms with Crippen molar-refractivity contribution in [3.63, 3.8) is 0 Å². The SMILES string of the molecule is CCCCCCOc1cc(Cn2cc(COCCOCCOCCOCCOCCOCCOCCOCCP(=O)(F)OCC)nn2)cc(OCCCCCC)c1. The van der Waals surface area contributed by atoms with E-state index in [9.17, 15) is 8.76 Å². The molecular formula is C40H71FN3O12P. The number of benzene rings is 1. The Morgan fingerprint density at radius 2 is 1.00 bits per heavy atom. The second-order valence-corrected chi connectivity index (χ2v) is 15.0. The van der Waals surface area contributed by atoms with Crippen LogP contribution < -0.4 is 9.47 Å². The van der Waals surface area contributed by atoms with Gasteiger partial charge in [0.1, 0.15) is 17.2 Å². The Balaban J connectivity index is 1.41. The van der Waals surface area contributed by atoms with Gasteiger partial charge >= 0.3 is 7.68 Å². The zero-order valence-electron chi connectivity index (χ0n) is 34.9. The number of hydrogen-bond donors (Lipinski definition) is 0. The van der Waals surface area contributed by atoms with E-state index >= 15 is 0 Å². The van der Waals surface area contributed by atoms with E-state index in [1.54, 1.807) is 11.6 Å². The molecule has 0 saturated heterocycles. The highest BCUT2D eigenvalue weighted by atomic mass is 31.2. The highest BCUT2D eigenvalue weighted by Crippen LogP contribution is 2.47. The molecule has 1 heterocycles. The minimum atomic E-state index is -4.03. The van der Waals surface area contributed by atoms with Crippen molar-refractivity contribution in [2.24, 2.45) is 0 Å². The first-order chi connectivity index (χ1) is 28.0. The molecule has 57 heavy (non-hydrogen) atoms. The molecule has 1 unspecified atom stereocenters. The Hall–Kier alpha value is -2.24. The first-order valence-electron chi connectivity index (χ1n) is 20.8. The Labute approximate surface area is 340 Å². The van der Waals surface area contributed by atoms with Crippen molar-refractivity contribution in [3.8, 4) is 11.5 Å². The maximum Gasteiger partial charge on any atom is 0.369 e. The molecule has 0 radical (unpaired) electrons. The fourth-order valence-electron chi connectivity index (χ4n) is 5.14. The van der Waals surface area contributed by atoms with Gasteiger partial charge in [0, 0.05) is 6.07 Å². The predicted octanol–water partition coefficient (Wildman–Crippen LogP) is 7.08. The Morgan fingerprint density at radius 3 is 1.44 bits per heavy atom. The van der Waals surface area contributed by atoms with Gasteiger partial charge in [-0.05, 0) is 37.5 Å². The summed E-state index contributed by atoms with van der Waals surface area (Å²) in [5.74, 6) is 1.65. The van der Waals surface area contributed by atoms with Gasteiger partial charge in [-0.2, -0.15) is 4.20 Å². The van der Waals surface area contributed by atoms with Crippen molar-refractivity contribution in [1.82, 2.24) is 15.0 Å². The summed E-state index contributed by atoms with van der Waals surface area (Å²) in [6, 6.07) is 6.10. The molecule has 2 aromatic rings. The zero-order chi connectivity index (χ0) is 40.9. The van der Waals surface area contributed by atoms with Crippen molar-refractivity contribution in [1.29, 1.82) is 0 Å². The lowest BCUT2D eigenvalue weighted by Gasteiger charge is -2.13. The van der Waals surface area contributed by atoms with Crippen LogP contribution in [0.5, 0.6) is 11.5 Å². The van der Waals surface area contributed by atoms with E-state index in [1.165, 1.54) is 38.5 Å². The number of aromatic nitrogens is 3. The summed E-state index contributed by atoms with van der Waals surface area (Å²) >= 11 is 0. The molecule has 0 aliphatic carbocycles. The number of ether oxygens (including phenoxy) is 10. The Bertz CT molecular complexity index is 1230. The lowest BCUT2D eigenvalue weighted by Crippen LogP contribution is -2.15. The van der Waals surface area contributed by atoms with Crippen molar-refractivity contribution in [2.45, 2.75) is 85.3 Å². The molecule has 0 N–H and O–H groups in total. The monoisotopic (exact) mass is 835 g/mol. The van der Waals surface area contributed by atoms with Crippen LogP contribution in [0.1, 0.15) is 83.4 Å². The molecule has 0 spiro atoms. The fourth-order valence-corrected chi connectivity index (χ4v) is 6.00. The largest absolute Gasteiger partial charge is 0.493 e. The molecule has 0 amide bonds. The highest BCUT2D eigenvalue weighted by molar-refractivity contribution is 7.53. The van der Waals surface area contributed by atoms with E-state index in [-0.39, 0.29) is 26.0 Å². The van der Waals surface area contributed by atoms with Crippen LogP contribution in [0, 0.1) is 0 Å². The zero-order valence-corrected chi connectivity index (χ0v) is 35.8. The summed E-state index contributed by atoms with van der Waals surface area (Å²) in [5, 5.41) is 8.56. The summed E-state index contributed by atoms with van der Waals surface area (Å²) in [5.41, 5.74) is 1.80. The lowest BCUT2D eigenvalue weighted by atomic mass is 10.2. The van der Waals surface area contributed by atoms with Crippen LogP contribution in [0.15, 0.2) is 24.4 Å². The van der Waals surface area contributed by atoms with Crippen LogP contribution in [-0.2, 0) is 60.1 Å². The van der Waals surface area contributed by atoms with Gasteiger partial charge in [-0.1, -0.05) is 57.6 Å². The average Bonchev–Trinajstić information content (AvgIpc) is 3.64. The van der Waals surface area contributed by atoms with Gasteiger partial charge in [0.05, 0.1) is 144 Å². The third-order valence-electron chi connectivity index (χ3n) is 8.08. The van der Waals surface area contributed by atoms with Crippen LogP contribution in [0.4, 0.5) is 4.20 Å². The second-order valence-electron chi connectivity index (χ2n) is 13.1. The number of rotatable bonds is 42. The van der Waals surface area contributed by atoms with E-state index < -0.39 is 7.68 Å². The van der Waals surface area contributed by atoms with Gasteiger partial charge in [-0.3, -0.25) is 4.57 Å². The summed E-state index contributed by atoms with van der Waals surface area (Å²) in [6.07, 6.45) is 10.9.